The van der Waals surface area contributed by atoms with E-state index < -0.39 is 17.6 Å². The minimum Gasteiger partial charge on any atom is -0.508 e. The van der Waals surface area contributed by atoms with Crippen molar-refractivity contribution in [1.82, 2.24) is 19.9 Å². The molecule has 5 atom stereocenters. The summed E-state index contributed by atoms with van der Waals surface area (Å²) in [5, 5.41) is 65.3. The third-order valence-electron chi connectivity index (χ3n) is 10.8. The van der Waals surface area contributed by atoms with Gasteiger partial charge in [0.1, 0.15) is 40.7 Å². The minimum atomic E-state index is -0.602. The van der Waals surface area contributed by atoms with Crippen molar-refractivity contribution in [1.29, 1.82) is 10.5 Å². The molecule has 0 saturated heterocycles. The largest absolute Gasteiger partial charge is 0.508 e. The Morgan fingerprint density at radius 1 is 0.774 bits per heavy atom. The zero-order valence-corrected chi connectivity index (χ0v) is 31.2. The molecule has 0 aliphatic heterocycles. The van der Waals surface area contributed by atoms with E-state index in [9.17, 15) is 25.8 Å². The predicted molar refractivity (Wildman–Crippen MR) is 204 cm³/mol. The van der Waals surface area contributed by atoms with Crippen molar-refractivity contribution in [3.8, 4) is 17.9 Å². The quantitative estimate of drug-likeness (QED) is 0.0825. The van der Waals surface area contributed by atoms with Gasteiger partial charge in [0.25, 0.3) is 0 Å². The molecule has 13 nitrogen and oxygen atoms in total. The summed E-state index contributed by atoms with van der Waals surface area (Å²) in [6, 6.07) is 15.1. The summed E-state index contributed by atoms with van der Waals surface area (Å²) < 4.78 is 0. The van der Waals surface area contributed by atoms with E-state index in [2.05, 4.69) is 53.3 Å². The molecule has 15 heteroatoms. The first-order valence-electron chi connectivity index (χ1n) is 17.5. The van der Waals surface area contributed by atoms with Crippen LogP contribution in [0.3, 0.4) is 0 Å². The Labute approximate surface area is 318 Å². The fourth-order valence-corrected chi connectivity index (χ4v) is 7.11. The number of hydrogen-bond acceptors (Lipinski definition) is 13. The zero-order valence-electron chi connectivity index (χ0n) is 29.7. The molecule has 0 amide bonds. The monoisotopic (exact) mass is 756 g/mol. The second kappa shape index (κ2) is 15.6. The molecule has 0 spiro atoms. The van der Waals surface area contributed by atoms with Gasteiger partial charge in [-0.2, -0.15) is 20.5 Å². The average molecular weight is 758 g/mol. The number of nitriles is 2. The second-order valence-corrected chi connectivity index (χ2v) is 15.4. The Balaban J connectivity index is 1.04. The number of nitrogens with zero attached hydrogens (tertiary/aromatic N) is 6. The number of hydrogen-bond donors (Lipinski definition) is 7. The van der Waals surface area contributed by atoms with E-state index in [0.717, 1.165) is 16.7 Å². The molecular weight excluding hydrogens is 715 g/mol. The molecule has 7 N–H and O–H groups in total. The van der Waals surface area contributed by atoms with Gasteiger partial charge >= 0.3 is 0 Å². The number of aromatic hydroxyl groups is 1. The van der Waals surface area contributed by atoms with Gasteiger partial charge in [0.2, 0.25) is 11.9 Å². The number of phenols is 1. The molecule has 2 fully saturated rings. The molecule has 276 valence electrons. The van der Waals surface area contributed by atoms with Gasteiger partial charge in [-0.1, -0.05) is 62.2 Å². The number of nitrogens with one attached hydrogen (secondary N) is 4. The summed E-state index contributed by atoms with van der Waals surface area (Å²) in [4.78, 5) is 17.6. The number of aliphatic hydroxyl groups is 2. The van der Waals surface area contributed by atoms with Crippen LogP contribution in [-0.2, 0) is 19.3 Å². The van der Waals surface area contributed by atoms with Crippen LogP contribution in [0.15, 0.2) is 48.8 Å². The number of anilines is 4. The van der Waals surface area contributed by atoms with E-state index in [1.807, 2.05) is 45.0 Å². The van der Waals surface area contributed by atoms with Crippen LogP contribution in [-0.4, -0.2) is 72.6 Å². The second-order valence-electron chi connectivity index (χ2n) is 14.6. The Kier molecular flexibility index (Phi) is 11.1. The fourth-order valence-electron chi connectivity index (χ4n) is 6.79. The molecule has 2 heterocycles. The summed E-state index contributed by atoms with van der Waals surface area (Å²) in [6.07, 6.45) is 4.58. The van der Waals surface area contributed by atoms with E-state index in [1.54, 1.807) is 12.1 Å². The number of aliphatic hydroxyl groups excluding tert-OH is 2. The van der Waals surface area contributed by atoms with E-state index >= 15 is 0 Å². The van der Waals surface area contributed by atoms with E-state index in [-0.39, 0.29) is 23.2 Å². The molecule has 2 aliphatic rings. The van der Waals surface area contributed by atoms with Crippen molar-refractivity contribution in [3.63, 3.8) is 0 Å². The van der Waals surface area contributed by atoms with Crippen molar-refractivity contribution in [3.05, 3.63) is 86.7 Å². The third-order valence-corrected chi connectivity index (χ3v) is 11.5. The van der Waals surface area contributed by atoms with Gasteiger partial charge in [-0.15, -0.1) is 0 Å². The summed E-state index contributed by atoms with van der Waals surface area (Å²) in [6.45, 7) is 6.88. The number of benzene rings is 2. The first kappa shape index (κ1) is 37.8. The van der Waals surface area contributed by atoms with Gasteiger partial charge in [-0.05, 0) is 67.0 Å². The van der Waals surface area contributed by atoms with Crippen molar-refractivity contribution >= 4 is 46.7 Å². The maximum absolute atomic E-state index is 11.0. The van der Waals surface area contributed by atoms with E-state index in [4.69, 9.17) is 23.2 Å². The van der Waals surface area contributed by atoms with Gasteiger partial charge in [0.05, 0.1) is 34.6 Å². The summed E-state index contributed by atoms with van der Waals surface area (Å²) in [7, 11) is 0. The first-order valence-corrected chi connectivity index (χ1v) is 18.2. The molecule has 53 heavy (non-hydrogen) atoms. The van der Waals surface area contributed by atoms with Gasteiger partial charge in [0, 0.05) is 36.0 Å². The topological polar surface area (TPSA) is 208 Å². The Bertz CT molecular complexity index is 2070. The highest BCUT2D eigenvalue weighted by Gasteiger charge is 2.51. The Hall–Kier alpha value is -4.92. The lowest BCUT2D eigenvalue weighted by atomic mass is 9.60. The molecule has 2 saturated carbocycles. The summed E-state index contributed by atoms with van der Waals surface area (Å²) >= 11 is 12.2. The van der Waals surface area contributed by atoms with E-state index in [0.29, 0.717) is 89.9 Å². The summed E-state index contributed by atoms with van der Waals surface area (Å²) in [5.41, 5.74) is 2.27. The lowest BCUT2D eigenvalue weighted by molar-refractivity contribution is -0.0638. The predicted octanol–water partition coefficient (Wildman–Crippen LogP) is 5.70. The number of phenolic OH excluding ortho intramolecular Hbond substituents is 1. The van der Waals surface area contributed by atoms with Crippen LogP contribution in [0.5, 0.6) is 5.75 Å². The highest BCUT2D eigenvalue weighted by molar-refractivity contribution is 6.42. The lowest BCUT2D eigenvalue weighted by Crippen LogP contribution is -2.60. The molecule has 0 radical (unpaired) electrons. The molecule has 1 unspecified atom stereocenters. The van der Waals surface area contributed by atoms with Crippen molar-refractivity contribution in [2.75, 3.05) is 34.4 Å². The maximum Gasteiger partial charge on any atom is 0.224 e. The van der Waals surface area contributed by atoms with Crippen molar-refractivity contribution in [2.45, 2.75) is 77.2 Å². The molecule has 2 aromatic heterocycles. The van der Waals surface area contributed by atoms with Crippen LogP contribution in [0.2, 0.25) is 10.0 Å². The minimum absolute atomic E-state index is 0.0208. The SMILES string of the molecule is CC1(C)[C@@H](O)C[C@H]1Nc1nc(NCCc2ccc(CC3(C)[C@@H](O)C[C@H]3Nc3nc(NCCc4ccc(Cl)c(Cl)c4)ncc3C#N)cc2O)ncc1C#N. The van der Waals surface area contributed by atoms with Crippen molar-refractivity contribution < 1.29 is 15.3 Å². The van der Waals surface area contributed by atoms with Crippen LogP contribution >= 0.6 is 23.2 Å². The molecule has 6 rings (SSSR count). The average Bonchev–Trinajstić information content (AvgIpc) is 3.14. The molecular formula is C38H42Cl2N10O3. The number of aromatic nitrogens is 4. The smallest absolute Gasteiger partial charge is 0.224 e. The molecule has 2 aliphatic carbocycles. The van der Waals surface area contributed by atoms with Gasteiger partial charge in [-0.3, -0.25) is 0 Å². The lowest BCUT2D eigenvalue weighted by Gasteiger charge is -2.52. The zero-order chi connectivity index (χ0) is 37.9. The highest BCUT2D eigenvalue weighted by atomic mass is 35.5. The fraction of sp³-hybridized carbons (Fsp3) is 0.421. The van der Waals surface area contributed by atoms with E-state index in [1.165, 1.54) is 12.4 Å². The van der Waals surface area contributed by atoms with Gasteiger partial charge in [-0.25, -0.2) is 9.97 Å². The Morgan fingerprint density at radius 2 is 1.36 bits per heavy atom. The van der Waals surface area contributed by atoms with Gasteiger partial charge < -0.3 is 36.6 Å². The molecule has 0 bridgehead atoms. The summed E-state index contributed by atoms with van der Waals surface area (Å²) in [5.74, 6) is 1.65. The highest BCUT2D eigenvalue weighted by Crippen LogP contribution is 2.46. The molecule has 4 aromatic rings. The third kappa shape index (κ3) is 8.19. The standard InChI is InChI=1S/C38H42Cl2N10O3/c1-37(2)29(14-31(37)52)47-33-24(17-41)19-46-36(49-33)44-11-9-23-6-4-22(13-28(23)51)16-38(3)30(15-32(38)53)48-34-25(18-42)20-45-35(50-34)43-10-8-21-5-7-26(39)27(40)12-21/h4-7,12-13,19-20,29-32,51-53H,8-11,14-16H2,1-3H3,(H2,43,45,48,50)(H2,44,46,47,49)/t29-,30-,31+,32+,38?/m1/s1. The van der Waals surface area contributed by atoms with Gasteiger partial charge in [0.15, 0.2) is 0 Å². The van der Waals surface area contributed by atoms with Crippen LogP contribution in [0, 0.1) is 33.5 Å². The van der Waals surface area contributed by atoms with Crippen LogP contribution in [0.1, 0.15) is 61.4 Å². The van der Waals surface area contributed by atoms with Crippen LogP contribution < -0.4 is 21.3 Å². The first-order chi connectivity index (χ1) is 25.3. The van der Waals surface area contributed by atoms with Crippen LogP contribution in [0.4, 0.5) is 23.5 Å². The molecule has 2 aromatic carbocycles. The normalized spacial score (nSPS) is 22.7. The van der Waals surface area contributed by atoms with Crippen LogP contribution in [0.25, 0.3) is 0 Å². The number of rotatable bonds is 14. The van der Waals surface area contributed by atoms with Crippen molar-refractivity contribution in [2.24, 2.45) is 10.8 Å². The number of halogens is 2. The Morgan fingerprint density at radius 3 is 1.91 bits per heavy atom. The maximum atomic E-state index is 11.0.